The minimum Gasteiger partial charge on any atom is -0.322 e. The molecule has 0 bridgehead atoms. The molecule has 1 amide bonds. The first-order valence-corrected chi connectivity index (χ1v) is 6.98. The lowest BCUT2D eigenvalue weighted by molar-refractivity contribution is 0.204. The molecule has 1 aromatic carbocycles. The average molecular weight is 293 g/mol. The van der Waals surface area contributed by atoms with Crippen molar-refractivity contribution in [2.75, 3.05) is 7.05 Å². The summed E-state index contributed by atoms with van der Waals surface area (Å²) in [4.78, 5) is 17.0. The van der Waals surface area contributed by atoms with E-state index in [0.29, 0.717) is 6.54 Å². The summed E-state index contributed by atoms with van der Waals surface area (Å²) in [5, 5.41) is -0.421. The lowest BCUT2D eigenvalue weighted by Gasteiger charge is -2.24. The zero-order valence-corrected chi connectivity index (χ0v) is 13.2. The second-order valence-electron chi connectivity index (χ2n) is 4.93. The molecule has 108 valence electrons. The van der Waals surface area contributed by atoms with Gasteiger partial charge in [0, 0.05) is 25.8 Å². The Morgan fingerprint density at radius 1 is 1.45 bits per heavy atom. The summed E-state index contributed by atoms with van der Waals surface area (Å²) >= 11 is 5.62. The number of aliphatic imine (C=N–C) groups is 1. The number of hydrogen-bond donors (Lipinski definition) is 0. The molecule has 0 heterocycles. The number of carbonyl (C=O) groups excluding carboxylic acids is 1. The van der Waals surface area contributed by atoms with Crippen molar-refractivity contribution < 1.29 is 4.79 Å². The van der Waals surface area contributed by atoms with Crippen LogP contribution in [0.3, 0.4) is 0 Å². The van der Waals surface area contributed by atoms with Crippen molar-refractivity contribution in [2.45, 2.75) is 33.4 Å². The molecule has 0 fully saturated rings. The van der Waals surface area contributed by atoms with Crippen molar-refractivity contribution in [2.24, 2.45) is 4.99 Å². The van der Waals surface area contributed by atoms with Gasteiger partial charge in [-0.25, -0.2) is 0 Å². The standard InChI is InChI=1S/C16H21ClN2O/c1-12(2)19(16(17)20)11-14-6-5-7-15(10-14)13(3)8-9-18-4/h5-10,12H,11H2,1-4H3. The van der Waals surface area contributed by atoms with Crippen LogP contribution < -0.4 is 0 Å². The van der Waals surface area contributed by atoms with Crippen LogP contribution in [-0.4, -0.2) is 29.6 Å². The van der Waals surface area contributed by atoms with Crippen LogP contribution in [0.25, 0.3) is 5.57 Å². The predicted octanol–water partition coefficient (Wildman–Crippen LogP) is 4.36. The average Bonchev–Trinajstić information content (AvgIpc) is 2.41. The zero-order valence-electron chi connectivity index (χ0n) is 12.4. The molecule has 0 saturated heterocycles. The van der Waals surface area contributed by atoms with E-state index in [4.69, 9.17) is 11.6 Å². The molecule has 4 heteroatoms. The molecule has 20 heavy (non-hydrogen) atoms. The second-order valence-corrected chi connectivity index (χ2v) is 5.26. The zero-order chi connectivity index (χ0) is 15.1. The Balaban J connectivity index is 2.96. The van der Waals surface area contributed by atoms with Crippen molar-refractivity contribution in [1.29, 1.82) is 0 Å². The Kier molecular flexibility index (Phi) is 6.46. The Morgan fingerprint density at radius 2 is 2.15 bits per heavy atom. The molecular weight excluding hydrogens is 272 g/mol. The van der Waals surface area contributed by atoms with Crippen molar-refractivity contribution in [1.82, 2.24) is 4.90 Å². The monoisotopic (exact) mass is 292 g/mol. The Bertz CT molecular complexity index is 521. The third kappa shape index (κ3) is 4.82. The molecule has 0 unspecified atom stereocenters. The van der Waals surface area contributed by atoms with Crippen molar-refractivity contribution in [3.05, 3.63) is 41.5 Å². The van der Waals surface area contributed by atoms with Gasteiger partial charge in [0.15, 0.2) is 0 Å². The number of carbonyl (C=O) groups is 1. The summed E-state index contributed by atoms with van der Waals surface area (Å²) < 4.78 is 0. The third-order valence-corrected chi connectivity index (χ3v) is 3.28. The number of rotatable bonds is 5. The summed E-state index contributed by atoms with van der Waals surface area (Å²) in [5.74, 6) is 0. The maximum absolute atomic E-state index is 11.4. The minimum absolute atomic E-state index is 0.0764. The van der Waals surface area contributed by atoms with E-state index in [2.05, 4.69) is 11.1 Å². The molecule has 0 aliphatic rings. The molecule has 0 spiro atoms. The first-order chi connectivity index (χ1) is 9.45. The molecule has 0 atom stereocenters. The molecular formula is C16H21ClN2O. The maximum atomic E-state index is 11.4. The van der Waals surface area contributed by atoms with Crippen LogP contribution in [-0.2, 0) is 6.54 Å². The second kappa shape index (κ2) is 7.85. The summed E-state index contributed by atoms with van der Waals surface area (Å²) in [6, 6.07) is 8.18. The first-order valence-electron chi connectivity index (χ1n) is 6.60. The number of benzene rings is 1. The summed E-state index contributed by atoms with van der Waals surface area (Å²) in [5.41, 5.74) is 3.31. The van der Waals surface area contributed by atoms with E-state index in [1.165, 1.54) is 0 Å². The van der Waals surface area contributed by atoms with Gasteiger partial charge in [-0.2, -0.15) is 0 Å². The van der Waals surface area contributed by atoms with Gasteiger partial charge in [0.1, 0.15) is 0 Å². The van der Waals surface area contributed by atoms with Crippen LogP contribution in [0, 0.1) is 0 Å². The summed E-state index contributed by atoms with van der Waals surface area (Å²) in [7, 11) is 1.74. The smallest absolute Gasteiger partial charge is 0.316 e. The van der Waals surface area contributed by atoms with Gasteiger partial charge in [0.05, 0.1) is 0 Å². The van der Waals surface area contributed by atoms with Gasteiger partial charge in [-0.15, -0.1) is 0 Å². The van der Waals surface area contributed by atoms with Gasteiger partial charge in [-0.1, -0.05) is 18.2 Å². The topological polar surface area (TPSA) is 32.7 Å². The molecule has 1 aromatic rings. The molecule has 0 aliphatic heterocycles. The lowest BCUT2D eigenvalue weighted by atomic mass is 10.0. The minimum atomic E-state index is -0.421. The fourth-order valence-electron chi connectivity index (χ4n) is 1.84. The van der Waals surface area contributed by atoms with Crippen LogP contribution in [0.2, 0.25) is 0 Å². The van der Waals surface area contributed by atoms with Gasteiger partial charge < -0.3 is 4.90 Å². The molecule has 0 radical (unpaired) electrons. The van der Waals surface area contributed by atoms with Gasteiger partial charge >= 0.3 is 5.37 Å². The fraction of sp³-hybridized carbons (Fsp3) is 0.375. The quantitative estimate of drug-likeness (QED) is 0.451. The Labute approximate surface area is 126 Å². The van der Waals surface area contributed by atoms with E-state index in [-0.39, 0.29) is 6.04 Å². The van der Waals surface area contributed by atoms with Gasteiger partial charge in [-0.3, -0.25) is 9.79 Å². The molecule has 0 N–H and O–H groups in total. The van der Waals surface area contributed by atoms with Crippen LogP contribution in [0.5, 0.6) is 0 Å². The van der Waals surface area contributed by atoms with Gasteiger partial charge in [0.2, 0.25) is 0 Å². The highest BCUT2D eigenvalue weighted by Crippen LogP contribution is 2.17. The number of hydrogen-bond acceptors (Lipinski definition) is 2. The number of allylic oxidation sites excluding steroid dienone is 2. The normalized spacial score (nSPS) is 12.2. The first kappa shape index (κ1) is 16.4. The molecule has 0 aliphatic carbocycles. The van der Waals surface area contributed by atoms with E-state index < -0.39 is 5.37 Å². The lowest BCUT2D eigenvalue weighted by Crippen LogP contribution is -2.32. The maximum Gasteiger partial charge on any atom is 0.316 e. The van der Waals surface area contributed by atoms with Gasteiger partial charge in [0.25, 0.3) is 0 Å². The Hall–Kier alpha value is -1.61. The predicted molar refractivity (Wildman–Crippen MR) is 86.4 cm³/mol. The number of nitrogens with zero attached hydrogens (tertiary/aromatic N) is 2. The van der Waals surface area contributed by atoms with Crippen LogP contribution >= 0.6 is 11.6 Å². The SMILES string of the molecule is CN=CC=C(C)c1cccc(CN(C(=O)Cl)C(C)C)c1. The molecule has 1 rings (SSSR count). The van der Waals surface area contributed by atoms with E-state index in [1.54, 1.807) is 18.2 Å². The fourth-order valence-corrected chi connectivity index (χ4v) is 2.10. The van der Waals surface area contributed by atoms with Crippen LogP contribution in [0.1, 0.15) is 31.9 Å². The van der Waals surface area contributed by atoms with E-state index in [1.807, 2.05) is 45.0 Å². The molecule has 3 nitrogen and oxygen atoms in total. The molecule has 0 saturated carbocycles. The van der Waals surface area contributed by atoms with E-state index in [9.17, 15) is 4.79 Å². The van der Waals surface area contributed by atoms with Crippen molar-refractivity contribution in [3.63, 3.8) is 0 Å². The van der Waals surface area contributed by atoms with Crippen LogP contribution in [0.4, 0.5) is 4.79 Å². The largest absolute Gasteiger partial charge is 0.322 e. The highest BCUT2D eigenvalue weighted by Gasteiger charge is 2.15. The Morgan fingerprint density at radius 3 is 2.70 bits per heavy atom. The van der Waals surface area contributed by atoms with Gasteiger partial charge in [-0.05, 0) is 61.2 Å². The van der Waals surface area contributed by atoms with Crippen LogP contribution in [0.15, 0.2) is 35.3 Å². The van der Waals surface area contributed by atoms with E-state index >= 15 is 0 Å². The summed E-state index contributed by atoms with van der Waals surface area (Å²) in [6.45, 7) is 6.46. The van der Waals surface area contributed by atoms with Crippen molar-refractivity contribution in [3.8, 4) is 0 Å². The number of amides is 1. The highest BCUT2D eigenvalue weighted by atomic mass is 35.5. The summed E-state index contributed by atoms with van der Waals surface area (Å²) in [6.07, 6.45) is 3.73. The molecule has 0 aromatic heterocycles. The number of halogens is 1. The highest BCUT2D eigenvalue weighted by molar-refractivity contribution is 6.62. The van der Waals surface area contributed by atoms with E-state index in [0.717, 1.165) is 16.7 Å². The van der Waals surface area contributed by atoms with Crippen molar-refractivity contribution >= 4 is 28.8 Å². The third-order valence-electron chi connectivity index (χ3n) is 3.06.